The zero-order chi connectivity index (χ0) is 21.6. The van der Waals surface area contributed by atoms with Gasteiger partial charge in [-0.1, -0.05) is 0 Å². The number of hydrogen-bond acceptors (Lipinski definition) is 8. The smallest absolute Gasteiger partial charge is 0.462 e. The monoisotopic (exact) mass is 403 g/mol. The first-order valence-electron chi connectivity index (χ1n) is 8.85. The Hall–Kier alpha value is -3.62. The largest absolute Gasteiger partial charge is 0.513 e. The first-order chi connectivity index (χ1) is 13.8. The number of benzene rings is 1. The van der Waals surface area contributed by atoms with E-state index in [0.29, 0.717) is 0 Å². The summed E-state index contributed by atoms with van der Waals surface area (Å²) in [6.07, 6.45) is -0.855. The normalized spacial score (nSPS) is 10.2. The number of anilines is 1. The van der Waals surface area contributed by atoms with E-state index >= 15 is 0 Å². The van der Waals surface area contributed by atoms with E-state index in [9.17, 15) is 19.2 Å². The van der Waals surface area contributed by atoms with E-state index in [4.69, 9.17) is 13.9 Å². The number of carbonyl (C=O) groups is 4. The Balaban J connectivity index is 2.24. The van der Waals surface area contributed by atoms with E-state index in [0.717, 1.165) is 0 Å². The van der Waals surface area contributed by atoms with Crippen molar-refractivity contribution in [3.05, 3.63) is 46.7 Å². The van der Waals surface area contributed by atoms with Crippen molar-refractivity contribution >= 4 is 29.7 Å². The lowest BCUT2D eigenvalue weighted by atomic mass is 10.1. The third-order valence-electron chi connectivity index (χ3n) is 3.72. The molecule has 1 heterocycles. The lowest BCUT2D eigenvalue weighted by Crippen LogP contribution is -2.16. The molecule has 0 saturated carbocycles. The van der Waals surface area contributed by atoms with Crippen LogP contribution in [0.2, 0.25) is 0 Å². The molecule has 0 aliphatic rings. The number of amides is 1. The molecule has 0 spiro atoms. The molecule has 0 atom stereocenters. The second-order valence-corrected chi connectivity index (χ2v) is 5.78. The number of nitrogens with one attached hydrogen (secondary N) is 1. The second kappa shape index (κ2) is 9.54. The van der Waals surface area contributed by atoms with E-state index < -0.39 is 23.8 Å². The van der Waals surface area contributed by atoms with Crippen molar-refractivity contribution in [1.29, 1.82) is 0 Å². The Bertz CT molecular complexity index is 927. The van der Waals surface area contributed by atoms with E-state index in [1.807, 2.05) is 0 Å². The lowest BCUT2D eigenvalue weighted by Gasteiger charge is -2.07. The summed E-state index contributed by atoms with van der Waals surface area (Å²) in [5.41, 5.74) is 0.124. The lowest BCUT2D eigenvalue weighted by molar-refractivity contribution is 0.0524. The Morgan fingerprint density at radius 1 is 0.966 bits per heavy atom. The molecule has 9 nitrogen and oxygen atoms in total. The van der Waals surface area contributed by atoms with Crippen molar-refractivity contribution in [2.75, 3.05) is 18.5 Å². The van der Waals surface area contributed by atoms with Gasteiger partial charge in [-0.15, -0.1) is 0 Å². The highest BCUT2D eigenvalue weighted by Crippen LogP contribution is 2.29. The number of furan rings is 1. The van der Waals surface area contributed by atoms with E-state index in [2.05, 4.69) is 10.1 Å². The first kappa shape index (κ1) is 21.7. The molecule has 29 heavy (non-hydrogen) atoms. The Labute approximate surface area is 166 Å². The number of ether oxygens (including phenoxy) is 3. The highest BCUT2D eigenvalue weighted by molar-refractivity contribution is 6.12. The van der Waals surface area contributed by atoms with Crippen molar-refractivity contribution < 1.29 is 37.8 Å². The van der Waals surface area contributed by atoms with Crippen LogP contribution in [0.1, 0.15) is 57.6 Å². The predicted molar refractivity (Wildman–Crippen MR) is 101 cm³/mol. The molecule has 154 valence electrons. The summed E-state index contributed by atoms with van der Waals surface area (Å²) in [6, 6.07) is 5.64. The van der Waals surface area contributed by atoms with Crippen LogP contribution in [0, 0.1) is 6.92 Å². The minimum Gasteiger partial charge on any atom is -0.462 e. The summed E-state index contributed by atoms with van der Waals surface area (Å²) in [4.78, 5) is 48.0. The van der Waals surface area contributed by atoms with Gasteiger partial charge in [0.2, 0.25) is 5.88 Å². The molecule has 1 N–H and O–H groups in total. The topological polar surface area (TPSA) is 121 Å². The molecule has 2 rings (SSSR count). The van der Waals surface area contributed by atoms with Crippen molar-refractivity contribution in [3.8, 4) is 5.75 Å². The maximum Gasteiger partial charge on any atom is 0.513 e. The highest BCUT2D eigenvalue weighted by atomic mass is 16.7. The molecule has 1 amide bonds. The zero-order valence-electron chi connectivity index (χ0n) is 16.5. The van der Waals surface area contributed by atoms with Gasteiger partial charge in [0.25, 0.3) is 5.91 Å². The number of ketones is 1. The van der Waals surface area contributed by atoms with Crippen LogP contribution < -0.4 is 10.1 Å². The average Bonchev–Trinajstić information content (AvgIpc) is 2.98. The summed E-state index contributed by atoms with van der Waals surface area (Å²) in [6.45, 7) is 6.33. The van der Waals surface area contributed by atoms with Crippen molar-refractivity contribution in [2.45, 2.75) is 27.7 Å². The number of aryl methyl sites for hydroxylation is 1. The standard InChI is InChI=1S/C20H21NO8/c1-5-26-19(24)16-15(11(3)22)12(4)28-18(16)21-17(23)13-7-9-14(10-8-13)29-20(25)27-6-2/h7-10H,5-6H2,1-4H3,(H,21,23). The number of hydrogen-bond donors (Lipinski definition) is 1. The molecule has 0 fully saturated rings. The first-order valence-corrected chi connectivity index (χ1v) is 8.85. The minimum absolute atomic E-state index is 0.0527. The Kier molecular flexibility index (Phi) is 7.13. The molecule has 1 aromatic carbocycles. The number of esters is 1. The van der Waals surface area contributed by atoms with E-state index in [-0.39, 0.29) is 47.3 Å². The van der Waals surface area contributed by atoms with Crippen LogP contribution in [0.4, 0.5) is 10.7 Å². The van der Waals surface area contributed by atoms with Gasteiger partial charge >= 0.3 is 12.1 Å². The average molecular weight is 403 g/mol. The Morgan fingerprint density at radius 3 is 2.14 bits per heavy atom. The van der Waals surface area contributed by atoms with E-state index in [1.54, 1.807) is 13.8 Å². The highest BCUT2D eigenvalue weighted by Gasteiger charge is 2.29. The van der Waals surface area contributed by atoms with Gasteiger partial charge in [-0.25, -0.2) is 9.59 Å². The summed E-state index contributed by atoms with van der Waals surface area (Å²) < 4.78 is 20.0. The molecule has 2 aromatic rings. The van der Waals surface area contributed by atoms with Gasteiger partial charge < -0.3 is 18.6 Å². The van der Waals surface area contributed by atoms with Crippen LogP contribution >= 0.6 is 0 Å². The van der Waals surface area contributed by atoms with Crippen LogP contribution in [0.25, 0.3) is 0 Å². The fraction of sp³-hybridized carbons (Fsp3) is 0.300. The van der Waals surface area contributed by atoms with Gasteiger partial charge in [0, 0.05) is 5.56 Å². The van der Waals surface area contributed by atoms with Gasteiger partial charge in [-0.05, 0) is 52.0 Å². The van der Waals surface area contributed by atoms with Crippen molar-refractivity contribution in [1.82, 2.24) is 0 Å². The van der Waals surface area contributed by atoms with Crippen LogP contribution in [0.3, 0.4) is 0 Å². The number of Topliss-reactive ketones (excluding diaryl/α,β-unsaturated/α-hetero) is 1. The Morgan fingerprint density at radius 2 is 1.59 bits per heavy atom. The molecular formula is C20H21NO8. The summed E-state index contributed by atoms with van der Waals surface area (Å²) in [5, 5.41) is 2.47. The second-order valence-electron chi connectivity index (χ2n) is 5.78. The predicted octanol–water partition coefficient (Wildman–Crippen LogP) is 3.75. The molecule has 0 bridgehead atoms. The minimum atomic E-state index is -0.855. The molecule has 0 saturated heterocycles. The van der Waals surface area contributed by atoms with Crippen LogP contribution in [0.5, 0.6) is 5.75 Å². The van der Waals surface area contributed by atoms with Crippen molar-refractivity contribution in [3.63, 3.8) is 0 Å². The molecule has 0 unspecified atom stereocenters. The van der Waals surface area contributed by atoms with Crippen LogP contribution in [-0.2, 0) is 9.47 Å². The summed E-state index contributed by atoms with van der Waals surface area (Å²) in [7, 11) is 0. The summed E-state index contributed by atoms with van der Waals surface area (Å²) >= 11 is 0. The van der Waals surface area contributed by atoms with Gasteiger partial charge in [0.1, 0.15) is 17.1 Å². The van der Waals surface area contributed by atoms with E-state index in [1.165, 1.54) is 38.1 Å². The molecule has 0 radical (unpaired) electrons. The maximum absolute atomic E-state index is 12.5. The van der Waals surface area contributed by atoms with Gasteiger partial charge in [-0.3, -0.25) is 14.9 Å². The fourth-order valence-electron chi connectivity index (χ4n) is 2.55. The third-order valence-corrected chi connectivity index (χ3v) is 3.72. The van der Waals surface area contributed by atoms with Gasteiger partial charge in [0.05, 0.1) is 18.8 Å². The molecule has 0 aliphatic carbocycles. The molecular weight excluding hydrogens is 382 g/mol. The SMILES string of the molecule is CCOC(=O)Oc1ccc(C(=O)Nc2oc(C)c(C(C)=O)c2C(=O)OCC)cc1. The summed E-state index contributed by atoms with van der Waals surface area (Å²) in [5.74, 6) is -1.56. The third kappa shape index (κ3) is 5.22. The van der Waals surface area contributed by atoms with Crippen LogP contribution in [0.15, 0.2) is 28.7 Å². The molecule has 1 aromatic heterocycles. The fourth-order valence-corrected chi connectivity index (χ4v) is 2.55. The number of rotatable bonds is 7. The molecule has 0 aliphatic heterocycles. The molecule has 9 heteroatoms. The quantitative estimate of drug-likeness (QED) is 0.421. The van der Waals surface area contributed by atoms with Crippen LogP contribution in [-0.4, -0.2) is 37.0 Å². The maximum atomic E-state index is 12.5. The zero-order valence-corrected chi connectivity index (χ0v) is 16.5. The van der Waals surface area contributed by atoms with Gasteiger partial charge in [0.15, 0.2) is 5.78 Å². The number of carbonyl (C=O) groups excluding carboxylic acids is 4. The van der Waals surface area contributed by atoms with Crippen molar-refractivity contribution in [2.24, 2.45) is 0 Å². The van der Waals surface area contributed by atoms with Gasteiger partial charge in [-0.2, -0.15) is 0 Å².